The van der Waals surface area contributed by atoms with Gasteiger partial charge in [0.05, 0.1) is 5.69 Å². The zero-order valence-electron chi connectivity index (χ0n) is 13.7. The number of aryl methyl sites for hydroxylation is 2. The molecule has 0 aliphatic heterocycles. The van der Waals surface area contributed by atoms with Gasteiger partial charge in [-0.25, -0.2) is 4.68 Å². The van der Waals surface area contributed by atoms with Crippen LogP contribution in [0.3, 0.4) is 0 Å². The predicted molar refractivity (Wildman–Crippen MR) is 91.3 cm³/mol. The maximum absolute atomic E-state index is 12.4. The topological polar surface area (TPSA) is 52.8 Å². The number of hydrogen-bond donors (Lipinski definition) is 0. The summed E-state index contributed by atoms with van der Waals surface area (Å²) in [7, 11) is 0. The summed E-state index contributed by atoms with van der Waals surface area (Å²) in [6, 6.07) is 12.4. The molecule has 130 valence electrons. The van der Waals surface area contributed by atoms with Gasteiger partial charge in [-0.15, -0.1) is 10.2 Å². The smallest absolute Gasteiger partial charge is 0.387 e. The van der Waals surface area contributed by atoms with Gasteiger partial charge in [0.25, 0.3) is 0 Å². The molecule has 0 aliphatic rings. The molecule has 0 radical (unpaired) electrons. The van der Waals surface area contributed by atoms with E-state index in [1.165, 1.54) is 17.8 Å². The standard InChI is InChI=1S/C17H16F2N4OS/c1-11-9-12(2)23(22-11)15-7-8-16(21-20-15)25-10-13-5-3-4-6-14(13)24-17(18)19/h3-9,17H,10H2,1-2H3. The molecule has 3 aromatic rings. The number of hydrogen-bond acceptors (Lipinski definition) is 5. The minimum absolute atomic E-state index is 0.178. The first-order chi connectivity index (χ1) is 12.0. The van der Waals surface area contributed by atoms with Crippen molar-refractivity contribution in [2.75, 3.05) is 0 Å². The third-order valence-corrected chi connectivity index (χ3v) is 4.39. The van der Waals surface area contributed by atoms with Crippen LogP contribution in [0.15, 0.2) is 47.5 Å². The summed E-state index contributed by atoms with van der Waals surface area (Å²) in [4.78, 5) is 0. The van der Waals surface area contributed by atoms with Crippen molar-refractivity contribution >= 4 is 11.8 Å². The van der Waals surface area contributed by atoms with Gasteiger partial charge in [-0.3, -0.25) is 0 Å². The van der Waals surface area contributed by atoms with E-state index in [1.807, 2.05) is 32.0 Å². The summed E-state index contributed by atoms with van der Waals surface area (Å²) in [6.07, 6.45) is 0. The Morgan fingerprint density at radius 2 is 1.92 bits per heavy atom. The fourth-order valence-electron chi connectivity index (χ4n) is 2.35. The maximum atomic E-state index is 12.4. The summed E-state index contributed by atoms with van der Waals surface area (Å²) >= 11 is 1.40. The first-order valence-corrected chi connectivity index (χ1v) is 8.54. The number of rotatable bonds is 6. The van der Waals surface area contributed by atoms with Crippen LogP contribution in [0.1, 0.15) is 17.0 Å². The molecule has 0 spiro atoms. The second-order valence-corrected chi connectivity index (χ2v) is 6.34. The Morgan fingerprint density at radius 1 is 1.12 bits per heavy atom. The summed E-state index contributed by atoms with van der Waals surface area (Å²) in [6.45, 7) is 1.02. The minimum Gasteiger partial charge on any atom is -0.435 e. The highest BCUT2D eigenvalue weighted by atomic mass is 32.2. The normalized spacial score (nSPS) is 11.1. The average Bonchev–Trinajstić information content (AvgIpc) is 2.92. The Hall–Kier alpha value is -2.48. The highest BCUT2D eigenvalue weighted by molar-refractivity contribution is 7.98. The van der Waals surface area contributed by atoms with E-state index < -0.39 is 6.61 Å². The van der Waals surface area contributed by atoms with E-state index >= 15 is 0 Å². The zero-order chi connectivity index (χ0) is 17.8. The number of halogens is 2. The highest BCUT2D eigenvalue weighted by Gasteiger charge is 2.10. The Labute approximate surface area is 148 Å². The Balaban J connectivity index is 1.70. The predicted octanol–water partition coefficient (Wildman–Crippen LogP) is 4.17. The van der Waals surface area contributed by atoms with Crippen molar-refractivity contribution in [3.05, 3.63) is 59.4 Å². The van der Waals surface area contributed by atoms with Crippen LogP contribution in [0.25, 0.3) is 5.82 Å². The molecule has 0 saturated carbocycles. The lowest BCUT2D eigenvalue weighted by Gasteiger charge is -2.10. The molecule has 0 N–H and O–H groups in total. The summed E-state index contributed by atoms with van der Waals surface area (Å²) < 4.78 is 31.1. The van der Waals surface area contributed by atoms with Gasteiger partial charge in [-0.1, -0.05) is 30.0 Å². The van der Waals surface area contributed by atoms with Crippen molar-refractivity contribution in [3.8, 4) is 11.6 Å². The van der Waals surface area contributed by atoms with Crippen LogP contribution in [0.5, 0.6) is 5.75 Å². The number of alkyl halides is 2. The van der Waals surface area contributed by atoms with Crippen LogP contribution in [0, 0.1) is 13.8 Å². The Kier molecular flexibility index (Phi) is 5.28. The second kappa shape index (κ2) is 7.60. The fourth-order valence-corrected chi connectivity index (χ4v) is 3.15. The van der Waals surface area contributed by atoms with Gasteiger partial charge in [0.1, 0.15) is 10.8 Å². The van der Waals surface area contributed by atoms with Gasteiger partial charge < -0.3 is 4.74 Å². The lowest BCUT2D eigenvalue weighted by molar-refractivity contribution is -0.0503. The van der Waals surface area contributed by atoms with E-state index in [-0.39, 0.29) is 5.75 Å². The molecule has 0 bridgehead atoms. The van der Waals surface area contributed by atoms with Gasteiger partial charge in [0.15, 0.2) is 5.82 Å². The molecule has 8 heteroatoms. The van der Waals surface area contributed by atoms with E-state index in [1.54, 1.807) is 22.9 Å². The van der Waals surface area contributed by atoms with Crippen LogP contribution in [0.2, 0.25) is 0 Å². The molecule has 3 rings (SSSR count). The molecule has 5 nitrogen and oxygen atoms in total. The fraction of sp³-hybridized carbons (Fsp3) is 0.235. The molecule has 25 heavy (non-hydrogen) atoms. The molecule has 0 atom stereocenters. The maximum Gasteiger partial charge on any atom is 0.387 e. The van der Waals surface area contributed by atoms with E-state index in [9.17, 15) is 8.78 Å². The van der Waals surface area contributed by atoms with E-state index in [4.69, 9.17) is 0 Å². The molecule has 1 aromatic carbocycles. The molecule has 0 saturated heterocycles. The quantitative estimate of drug-likeness (QED) is 0.616. The largest absolute Gasteiger partial charge is 0.435 e. The second-order valence-electron chi connectivity index (χ2n) is 5.34. The third-order valence-electron chi connectivity index (χ3n) is 3.42. The third kappa shape index (κ3) is 4.33. The van der Waals surface area contributed by atoms with Crippen molar-refractivity contribution in [1.82, 2.24) is 20.0 Å². The van der Waals surface area contributed by atoms with Gasteiger partial charge in [0.2, 0.25) is 0 Å². The number of para-hydroxylation sites is 1. The molecular formula is C17H16F2N4OS. The van der Waals surface area contributed by atoms with Crippen molar-refractivity contribution in [2.45, 2.75) is 31.2 Å². The summed E-state index contributed by atoms with van der Waals surface area (Å²) in [5, 5.41) is 13.4. The zero-order valence-corrected chi connectivity index (χ0v) is 14.5. The Morgan fingerprint density at radius 3 is 2.56 bits per heavy atom. The van der Waals surface area contributed by atoms with Crippen molar-refractivity contribution in [1.29, 1.82) is 0 Å². The molecule has 2 heterocycles. The van der Waals surface area contributed by atoms with Crippen LogP contribution in [-0.4, -0.2) is 26.6 Å². The van der Waals surface area contributed by atoms with Crippen molar-refractivity contribution in [3.63, 3.8) is 0 Å². The average molecular weight is 362 g/mol. The monoisotopic (exact) mass is 362 g/mol. The first-order valence-electron chi connectivity index (χ1n) is 7.56. The van der Waals surface area contributed by atoms with Crippen LogP contribution < -0.4 is 4.74 Å². The number of ether oxygens (including phenoxy) is 1. The molecule has 0 unspecified atom stereocenters. The van der Waals surface area contributed by atoms with Crippen LogP contribution in [0.4, 0.5) is 8.78 Å². The number of thioether (sulfide) groups is 1. The van der Waals surface area contributed by atoms with E-state index in [2.05, 4.69) is 20.0 Å². The van der Waals surface area contributed by atoms with Crippen molar-refractivity contribution in [2.24, 2.45) is 0 Å². The summed E-state index contributed by atoms with van der Waals surface area (Å²) in [5.41, 5.74) is 2.57. The minimum atomic E-state index is -2.84. The lowest BCUT2D eigenvalue weighted by atomic mass is 10.2. The summed E-state index contributed by atoms with van der Waals surface area (Å²) in [5.74, 6) is 1.27. The molecular weight excluding hydrogens is 346 g/mol. The number of nitrogens with zero attached hydrogens (tertiary/aromatic N) is 4. The van der Waals surface area contributed by atoms with E-state index in [0.29, 0.717) is 22.2 Å². The SMILES string of the molecule is Cc1cc(C)n(-c2ccc(SCc3ccccc3OC(F)F)nn2)n1. The van der Waals surface area contributed by atoms with Crippen molar-refractivity contribution < 1.29 is 13.5 Å². The highest BCUT2D eigenvalue weighted by Crippen LogP contribution is 2.27. The first kappa shape index (κ1) is 17.3. The molecule has 0 fully saturated rings. The van der Waals surface area contributed by atoms with Crippen LogP contribution >= 0.6 is 11.8 Å². The number of benzene rings is 1. The Bertz CT molecular complexity index is 852. The van der Waals surface area contributed by atoms with Gasteiger partial charge >= 0.3 is 6.61 Å². The van der Waals surface area contributed by atoms with Gasteiger partial charge in [0, 0.05) is 17.0 Å². The molecule has 2 aromatic heterocycles. The van der Waals surface area contributed by atoms with Gasteiger partial charge in [-0.2, -0.15) is 13.9 Å². The van der Waals surface area contributed by atoms with E-state index in [0.717, 1.165) is 11.4 Å². The van der Waals surface area contributed by atoms with Crippen LogP contribution in [-0.2, 0) is 5.75 Å². The lowest BCUT2D eigenvalue weighted by Crippen LogP contribution is -2.04. The molecule has 0 amide bonds. The van der Waals surface area contributed by atoms with Gasteiger partial charge in [-0.05, 0) is 38.1 Å². The molecule has 0 aliphatic carbocycles. The number of aromatic nitrogens is 4.